The first kappa shape index (κ1) is 18.8. The minimum atomic E-state index is -0.533. The summed E-state index contributed by atoms with van der Waals surface area (Å²) in [5, 5.41) is 0.619. The maximum Gasteiger partial charge on any atom is 0.328 e. The Labute approximate surface area is 169 Å². The number of guanidine groups is 1. The van der Waals surface area contributed by atoms with Crippen LogP contribution in [-0.2, 0) is 11.3 Å². The van der Waals surface area contributed by atoms with Crippen LogP contribution in [0.5, 0.6) is 0 Å². The minimum absolute atomic E-state index is 0.212. The van der Waals surface area contributed by atoms with E-state index >= 15 is 0 Å². The van der Waals surface area contributed by atoms with Gasteiger partial charge in [-0.3, -0.25) is 9.69 Å². The first-order valence-corrected chi connectivity index (χ1v) is 9.87. The van der Waals surface area contributed by atoms with Crippen molar-refractivity contribution < 1.29 is 9.59 Å². The predicted molar refractivity (Wildman–Crippen MR) is 107 cm³/mol. The van der Waals surface area contributed by atoms with Gasteiger partial charge in [0.25, 0.3) is 5.91 Å². The van der Waals surface area contributed by atoms with Crippen LogP contribution in [0.3, 0.4) is 0 Å². The Morgan fingerprint density at radius 2 is 1.89 bits per heavy atom. The summed E-state index contributed by atoms with van der Waals surface area (Å²) in [5.74, 6) is 0.528. The third-order valence-corrected chi connectivity index (χ3v) is 5.97. The first-order chi connectivity index (χ1) is 13.3. The van der Waals surface area contributed by atoms with Gasteiger partial charge in [-0.15, -0.1) is 0 Å². The Hall–Kier alpha value is -2.54. The van der Waals surface area contributed by atoms with E-state index < -0.39 is 12.2 Å². The lowest BCUT2D eigenvalue weighted by atomic mass is 10.1. The molecule has 3 aliphatic rings. The number of hydrogen-bond donors (Lipinski definition) is 0. The molecule has 7 nitrogen and oxygen atoms in total. The molecule has 0 saturated carbocycles. The molecule has 4 rings (SSSR count). The largest absolute Gasteiger partial charge is 0.328 e. The molecule has 3 heterocycles. The number of hydrogen-bond acceptors (Lipinski definition) is 5. The standard InChI is InChI=1S/C20H24ClN5O2/c1-5-12(2)26-13(3)10-24-16-17(22-19(24)26)23(4)20(28)25(18(16)27)11-14-6-8-15(21)9-7-14/h6-10,12,16-17H,5,11H2,1-4H3. The van der Waals surface area contributed by atoms with Gasteiger partial charge in [0.05, 0.1) is 6.54 Å². The zero-order valence-electron chi connectivity index (χ0n) is 16.5. The quantitative estimate of drug-likeness (QED) is 0.778. The second-order valence-electron chi connectivity index (χ2n) is 7.54. The number of likely N-dealkylation sites (N-methyl/N-ethyl adjacent to an activating group) is 1. The molecule has 0 aliphatic carbocycles. The van der Waals surface area contributed by atoms with E-state index in [1.54, 1.807) is 24.1 Å². The molecule has 148 valence electrons. The van der Waals surface area contributed by atoms with Gasteiger partial charge in [-0.25, -0.2) is 9.79 Å². The van der Waals surface area contributed by atoms with Crippen molar-refractivity contribution in [2.45, 2.75) is 52.0 Å². The van der Waals surface area contributed by atoms with Crippen molar-refractivity contribution in [3.05, 3.63) is 46.7 Å². The number of aliphatic imine (C=N–C) groups is 1. The second kappa shape index (κ2) is 6.81. The lowest BCUT2D eigenvalue weighted by Gasteiger charge is -2.40. The van der Waals surface area contributed by atoms with E-state index in [-0.39, 0.29) is 24.5 Å². The normalized spacial score (nSPS) is 25.0. The molecule has 0 N–H and O–H groups in total. The van der Waals surface area contributed by atoms with Crippen molar-refractivity contribution in [2.75, 3.05) is 7.05 Å². The molecule has 0 spiro atoms. The third kappa shape index (κ3) is 2.76. The molecule has 1 aromatic carbocycles. The maximum atomic E-state index is 13.3. The van der Waals surface area contributed by atoms with Crippen LogP contribution in [0.25, 0.3) is 0 Å². The highest BCUT2D eigenvalue weighted by Gasteiger charge is 2.54. The third-order valence-electron chi connectivity index (χ3n) is 5.72. The maximum absolute atomic E-state index is 13.3. The monoisotopic (exact) mass is 401 g/mol. The van der Waals surface area contributed by atoms with E-state index in [0.717, 1.165) is 23.6 Å². The smallest absolute Gasteiger partial charge is 0.312 e. The van der Waals surface area contributed by atoms with E-state index in [2.05, 4.69) is 18.7 Å². The number of carbonyl (C=O) groups excluding carboxylic acids is 2. The Morgan fingerprint density at radius 3 is 2.54 bits per heavy atom. The molecule has 3 amide bonds. The van der Waals surface area contributed by atoms with Crippen LogP contribution < -0.4 is 0 Å². The fraction of sp³-hybridized carbons (Fsp3) is 0.450. The summed E-state index contributed by atoms with van der Waals surface area (Å²) in [6.07, 6.45) is 2.42. The number of nitrogens with zero attached hydrogens (tertiary/aromatic N) is 5. The summed E-state index contributed by atoms with van der Waals surface area (Å²) in [6.45, 7) is 6.49. The number of carbonyl (C=O) groups is 2. The fourth-order valence-corrected chi connectivity index (χ4v) is 4.14. The number of urea groups is 1. The SMILES string of the molecule is CCC(C)N1C(C)=CN2C1=NC1C2C(=O)N(Cc2ccc(Cl)cc2)C(=O)N1C. The number of fused-ring (bicyclic) bond motifs is 3. The van der Waals surface area contributed by atoms with Gasteiger partial charge in [0, 0.05) is 30.0 Å². The van der Waals surface area contributed by atoms with Gasteiger partial charge < -0.3 is 14.7 Å². The average Bonchev–Trinajstić information content (AvgIpc) is 3.19. The molecule has 0 bridgehead atoms. The molecule has 0 radical (unpaired) electrons. The molecule has 3 unspecified atom stereocenters. The van der Waals surface area contributed by atoms with E-state index in [1.807, 2.05) is 30.2 Å². The summed E-state index contributed by atoms with van der Waals surface area (Å²) in [5.41, 5.74) is 1.91. The molecule has 3 atom stereocenters. The molecule has 0 aromatic heterocycles. The van der Waals surface area contributed by atoms with Gasteiger partial charge in [-0.1, -0.05) is 30.7 Å². The molecule has 8 heteroatoms. The molecule has 3 aliphatic heterocycles. The minimum Gasteiger partial charge on any atom is -0.312 e. The molecule has 1 aromatic rings. The van der Waals surface area contributed by atoms with Crippen LogP contribution in [0, 0.1) is 0 Å². The summed E-state index contributed by atoms with van der Waals surface area (Å²) in [7, 11) is 1.71. The van der Waals surface area contributed by atoms with Gasteiger partial charge in [-0.05, 0) is 38.0 Å². The molecular weight excluding hydrogens is 378 g/mol. The van der Waals surface area contributed by atoms with Crippen molar-refractivity contribution in [1.29, 1.82) is 0 Å². The van der Waals surface area contributed by atoms with Crippen molar-refractivity contribution in [3.8, 4) is 0 Å². The van der Waals surface area contributed by atoms with Crippen LogP contribution in [0.1, 0.15) is 32.8 Å². The zero-order valence-corrected chi connectivity index (χ0v) is 17.2. The van der Waals surface area contributed by atoms with Gasteiger partial charge in [0.1, 0.15) is 0 Å². The number of benzene rings is 1. The van der Waals surface area contributed by atoms with Crippen molar-refractivity contribution in [2.24, 2.45) is 4.99 Å². The molecule has 1 fully saturated rings. The summed E-state index contributed by atoms with van der Waals surface area (Å²) in [4.78, 5) is 37.9. The van der Waals surface area contributed by atoms with Crippen LogP contribution in [0.4, 0.5) is 4.79 Å². The summed E-state index contributed by atoms with van der Waals surface area (Å²) >= 11 is 5.94. The zero-order chi connectivity index (χ0) is 20.2. The molecule has 28 heavy (non-hydrogen) atoms. The molecule has 1 saturated heterocycles. The van der Waals surface area contributed by atoms with Gasteiger partial charge in [0.15, 0.2) is 12.2 Å². The number of halogens is 1. The van der Waals surface area contributed by atoms with Gasteiger partial charge >= 0.3 is 6.03 Å². The predicted octanol–water partition coefficient (Wildman–Crippen LogP) is 3.08. The highest BCUT2D eigenvalue weighted by molar-refractivity contribution is 6.30. The Morgan fingerprint density at radius 1 is 1.21 bits per heavy atom. The van der Waals surface area contributed by atoms with Crippen LogP contribution in [0.2, 0.25) is 5.02 Å². The van der Waals surface area contributed by atoms with E-state index in [0.29, 0.717) is 5.02 Å². The average molecular weight is 402 g/mol. The molecular formula is C20H24ClN5O2. The fourth-order valence-electron chi connectivity index (χ4n) is 4.02. The summed E-state index contributed by atoms with van der Waals surface area (Å²) < 4.78 is 0. The number of rotatable bonds is 4. The number of allylic oxidation sites excluding steroid dienone is 1. The topological polar surface area (TPSA) is 59.5 Å². The highest BCUT2D eigenvalue weighted by atomic mass is 35.5. The summed E-state index contributed by atoms with van der Waals surface area (Å²) in [6, 6.07) is 6.58. The van der Waals surface area contributed by atoms with Crippen molar-refractivity contribution >= 4 is 29.5 Å². The Kier molecular flexibility index (Phi) is 4.57. The van der Waals surface area contributed by atoms with Crippen molar-refractivity contribution in [3.63, 3.8) is 0 Å². The van der Waals surface area contributed by atoms with Crippen LogP contribution in [0.15, 0.2) is 41.2 Å². The van der Waals surface area contributed by atoms with E-state index in [1.165, 1.54) is 4.90 Å². The number of imide groups is 1. The van der Waals surface area contributed by atoms with Gasteiger partial charge in [0.2, 0.25) is 5.96 Å². The Balaban J connectivity index is 1.64. The van der Waals surface area contributed by atoms with Crippen LogP contribution in [-0.4, -0.2) is 62.8 Å². The lowest BCUT2D eigenvalue weighted by Crippen LogP contribution is -2.63. The second-order valence-corrected chi connectivity index (χ2v) is 7.97. The first-order valence-electron chi connectivity index (χ1n) is 9.50. The van der Waals surface area contributed by atoms with Crippen LogP contribution >= 0.6 is 11.6 Å². The van der Waals surface area contributed by atoms with Crippen molar-refractivity contribution in [1.82, 2.24) is 19.6 Å². The van der Waals surface area contributed by atoms with E-state index in [9.17, 15) is 9.59 Å². The highest BCUT2D eigenvalue weighted by Crippen LogP contribution is 2.35. The number of amides is 3. The van der Waals surface area contributed by atoms with E-state index in [4.69, 9.17) is 16.6 Å². The Bertz CT molecular complexity index is 881. The lowest BCUT2D eigenvalue weighted by molar-refractivity contribution is -0.137. The van der Waals surface area contributed by atoms with Gasteiger partial charge in [-0.2, -0.15) is 0 Å².